The van der Waals surface area contributed by atoms with Crippen molar-refractivity contribution in [1.29, 1.82) is 0 Å². The van der Waals surface area contributed by atoms with Crippen LogP contribution in [-0.2, 0) is 10.0 Å². The summed E-state index contributed by atoms with van der Waals surface area (Å²) in [6.07, 6.45) is 2.14. The van der Waals surface area contributed by atoms with E-state index in [1.165, 1.54) is 12.1 Å². The molecule has 0 radical (unpaired) electrons. The standard InChI is InChI=1S/C19H24N2O4S/c1-3-11-21(12-4-2)16-7-5-15(6-8-16)20-26(22,23)17-9-10-18-19(13-17)25-14-24-18/h5-10,13,20H,3-4,11-12,14H2,1-2H3. The Morgan fingerprint density at radius 1 is 0.962 bits per heavy atom. The molecule has 0 saturated carbocycles. The van der Waals surface area contributed by atoms with E-state index in [4.69, 9.17) is 9.47 Å². The van der Waals surface area contributed by atoms with E-state index in [-0.39, 0.29) is 11.7 Å². The summed E-state index contributed by atoms with van der Waals surface area (Å²) < 4.78 is 38.3. The van der Waals surface area contributed by atoms with Gasteiger partial charge in [0.15, 0.2) is 11.5 Å². The van der Waals surface area contributed by atoms with Crippen molar-refractivity contribution in [3.63, 3.8) is 0 Å². The molecule has 1 aliphatic rings. The highest BCUT2D eigenvalue weighted by Gasteiger charge is 2.20. The Morgan fingerprint density at radius 3 is 2.27 bits per heavy atom. The van der Waals surface area contributed by atoms with Gasteiger partial charge in [0.2, 0.25) is 6.79 Å². The van der Waals surface area contributed by atoms with E-state index in [1.807, 2.05) is 12.1 Å². The molecule has 0 spiro atoms. The van der Waals surface area contributed by atoms with Crippen LogP contribution in [-0.4, -0.2) is 28.3 Å². The molecule has 0 fully saturated rings. The van der Waals surface area contributed by atoms with Crippen LogP contribution >= 0.6 is 0 Å². The van der Waals surface area contributed by atoms with Crippen LogP contribution in [0.2, 0.25) is 0 Å². The van der Waals surface area contributed by atoms with Gasteiger partial charge in [0, 0.05) is 30.5 Å². The van der Waals surface area contributed by atoms with Gasteiger partial charge in [-0.3, -0.25) is 4.72 Å². The van der Waals surface area contributed by atoms with Crippen LogP contribution in [0.15, 0.2) is 47.4 Å². The lowest BCUT2D eigenvalue weighted by atomic mass is 10.2. The van der Waals surface area contributed by atoms with Gasteiger partial charge < -0.3 is 14.4 Å². The summed E-state index contributed by atoms with van der Waals surface area (Å²) in [5.74, 6) is 0.998. The number of hydrogen-bond donors (Lipinski definition) is 1. The van der Waals surface area contributed by atoms with Crippen molar-refractivity contribution in [2.75, 3.05) is 29.5 Å². The first-order chi connectivity index (χ1) is 12.5. The Morgan fingerprint density at radius 2 is 1.62 bits per heavy atom. The van der Waals surface area contributed by atoms with Crippen molar-refractivity contribution < 1.29 is 17.9 Å². The molecule has 0 aliphatic carbocycles. The molecule has 1 heterocycles. The number of ether oxygens (including phenoxy) is 2. The summed E-state index contributed by atoms with van der Waals surface area (Å²) in [6, 6.07) is 12.1. The first kappa shape index (κ1) is 18.4. The zero-order valence-corrected chi connectivity index (χ0v) is 15.9. The molecule has 2 aromatic carbocycles. The minimum absolute atomic E-state index is 0.111. The third-order valence-electron chi connectivity index (χ3n) is 4.13. The van der Waals surface area contributed by atoms with E-state index >= 15 is 0 Å². The zero-order valence-electron chi connectivity index (χ0n) is 15.1. The lowest BCUT2D eigenvalue weighted by Gasteiger charge is -2.24. The van der Waals surface area contributed by atoms with E-state index in [1.54, 1.807) is 18.2 Å². The predicted molar refractivity (Wildman–Crippen MR) is 103 cm³/mol. The molecule has 0 saturated heterocycles. The van der Waals surface area contributed by atoms with E-state index in [2.05, 4.69) is 23.5 Å². The molecular weight excluding hydrogens is 352 g/mol. The quantitative estimate of drug-likeness (QED) is 0.758. The summed E-state index contributed by atoms with van der Waals surface area (Å²) in [5.41, 5.74) is 1.62. The largest absolute Gasteiger partial charge is 0.454 e. The van der Waals surface area contributed by atoms with Gasteiger partial charge in [0.1, 0.15) is 0 Å². The molecule has 1 N–H and O–H groups in total. The Bertz CT molecular complexity index is 844. The number of rotatable bonds is 8. The number of sulfonamides is 1. The Kier molecular flexibility index (Phi) is 5.56. The smallest absolute Gasteiger partial charge is 0.262 e. The van der Waals surface area contributed by atoms with Crippen molar-refractivity contribution in [3.05, 3.63) is 42.5 Å². The molecule has 140 valence electrons. The molecule has 7 heteroatoms. The van der Waals surface area contributed by atoms with Crippen LogP contribution < -0.4 is 19.1 Å². The highest BCUT2D eigenvalue weighted by Crippen LogP contribution is 2.34. The molecule has 26 heavy (non-hydrogen) atoms. The van der Waals surface area contributed by atoms with Crippen LogP contribution in [0.1, 0.15) is 26.7 Å². The third-order valence-corrected chi connectivity index (χ3v) is 5.51. The van der Waals surface area contributed by atoms with Gasteiger partial charge in [-0.2, -0.15) is 0 Å². The van der Waals surface area contributed by atoms with Crippen molar-refractivity contribution in [2.24, 2.45) is 0 Å². The van der Waals surface area contributed by atoms with E-state index in [9.17, 15) is 8.42 Å². The van der Waals surface area contributed by atoms with Gasteiger partial charge in [-0.15, -0.1) is 0 Å². The fourth-order valence-electron chi connectivity index (χ4n) is 2.91. The van der Waals surface area contributed by atoms with Crippen LogP contribution in [0.5, 0.6) is 11.5 Å². The van der Waals surface area contributed by atoms with Crippen LogP contribution in [0.25, 0.3) is 0 Å². The van der Waals surface area contributed by atoms with Gasteiger partial charge in [0.05, 0.1) is 4.90 Å². The average molecular weight is 376 g/mol. The minimum Gasteiger partial charge on any atom is -0.454 e. The summed E-state index contributed by atoms with van der Waals surface area (Å²) in [5, 5.41) is 0. The monoisotopic (exact) mass is 376 g/mol. The van der Waals surface area contributed by atoms with Crippen molar-refractivity contribution in [2.45, 2.75) is 31.6 Å². The average Bonchev–Trinajstić information content (AvgIpc) is 3.10. The Labute approximate surface area is 154 Å². The van der Waals surface area contributed by atoms with Gasteiger partial charge >= 0.3 is 0 Å². The second-order valence-corrected chi connectivity index (χ2v) is 7.84. The molecule has 0 amide bonds. The lowest BCUT2D eigenvalue weighted by Crippen LogP contribution is -2.24. The number of anilines is 2. The molecule has 0 aromatic heterocycles. The summed E-state index contributed by atoms with van der Waals surface area (Å²) >= 11 is 0. The van der Waals surface area contributed by atoms with Crippen molar-refractivity contribution in [3.8, 4) is 11.5 Å². The SMILES string of the molecule is CCCN(CCC)c1ccc(NS(=O)(=O)c2ccc3c(c2)OCO3)cc1. The molecule has 1 aliphatic heterocycles. The first-order valence-corrected chi connectivity index (χ1v) is 10.3. The van der Waals surface area contributed by atoms with Crippen molar-refractivity contribution in [1.82, 2.24) is 0 Å². The third kappa shape index (κ3) is 4.04. The number of fused-ring (bicyclic) bond motifs is 1. The Balaban J connectivity index is 1.75. The number of nitrogens with zero attached hydrogens (tertiary/aromatic N) is 1. The number of benzene rings is 2. The van der Waals surface area contributed by atoms with Gasteiger partial charge in [-0.1, -0.05) is 13.8 Å². The van der Waals surface area contributed by atoms with Gasteiger partial charge in [0.25, 0.3) is 10.0 Å². The fraction of sp³-hybridized carbons (Fsp3) is 0.368. The van der Waals surface area contributed by atoms with Gasteiger partial charge in [-0.25, -0.2) is 8.42 Å². The molecular formula is C19H24N2O4S. The van der Waals surface area contributed by atoms with E-state index in [0.717, 1.165) is 31.6 Å². The first-order valence-electron chi connectivity index (χ1n) is 8.81. The second kappa shape index (κ2) is 7.86. The maximum absolute atomic E-state index is 12.6. The van der Waals surface area contributed by atoms with E-state index in [0.29, 0.717) is 17.2 Å². The van der Waals surface area contributed by atoms with Crippen LogP contribution in [0.4, 0.5) is 11.4 Å². The summed E-state index contributed by atoms with van der Waals surface area (Å²) in [7, 11) is -3.69. The van der Waals surface area contributed by atoms with Crippen LogP contribution in [0.3, 0.4) is 0 Å². The molecule has 0 atom stereocenters. The number of nitrogens with one attached hydrogen (secondary N) is 1. The fourth-order valence-corrected chi connectivity index (χ4v) is 3.98. The molecule has 0 bridgehead atoms. The predicted octanol–water partition coefficient (Wildman–Crippen LogP) is 3.84. The normalized spacial score (nSPS) is 12.8. The highest BCUT2D eigenvalue weighted by atomic mass is 32.2. The lowest BCUT2D eigenvalue weighted by molar-refractivity contribution is 0.174. The maximum atomic E-state index is 12.6. The zero-order chi connectivity index (χ0) is 18.6. The Hall–Kier alpha value is -2.41. The summed E-state index contributed by atoms with van der Waals surface area (Å²) in [6.45, 7) is 6.37. The minimum atomic E-state index is -3.69. The summed E-state index contributed by atoms with van der Waals surface area (Å²) in [4.78, 5) is 2.44. The highest BCUT2D eigenvalue weighted by molar-refractivity contribution is 7.92. The van der Waals surface area contributed by atoms with Crippen molar-refractivity contribution >= 4 is 21.4 Å². The maximum Gasteiger partial charge on any atom is 0.262 e. The topological polar surface area (TPSA) is 67.9 Å². The second-order valence-electron chi connectivity index (χ2n) is 6.15. The van der Waals surface area contributed by atoms with Gasteiger partial charge in [-0.05, 0) is 49.2 Å². The molecule has 2 aromatic rings. The van der Waals surface area contributed by atoms with E-state index < -0.39 is 10.0 Å². The number of hydrogen-bond acceptors (Lipinski definition) is 5. The molecule has 0 unspecified atom stereocenters. The van der Waals surface area contributed by atoms with Crippen LogP contribution in [0, 0.1) is 0 Å². The molecule has 3 rings (SSSR count). The molecule has 6 nitrogen and oxygen atoms in total.